The first-order valence-corrected chi connectivity index (χ1v) is 5.14. The van der Waals surface area contributed by atoms with Gasteiger partial charge < -0.3 is 5.32 Å². The van der Waals surface area contributed by atoms with Gasteiger partial charge in [0, 0.05) is 12.5 Å². The second kappa shape index (κ2) is 4.20. The summed E-state index contributed by atoms with van der Waals surface area (Å²) >= 11 is 0. The largest absolute Gasteiger partial charge is 0.416 e. The quantitative estimate of drug-likeness (QED) is 0.776. The SMILES string of the molecule is FC(F)(F)c1ccc(C2C=CNCC2)cc1. The van der Waals surface area contributed by atoms with E-state index in [1.807, 2.05) is 12.3 Å². The van der Waals surface area contributed by atoms with Gasteiger partial charge in [0.25, 0.3) is 0 Å². The van der Waals surface area contributed by atoms with Crippen LogP contribution in [0.25, 0.3) is 0 Å². The number of rotatable bonds is 1. The van der Waals surface area contributed by atoms with Crippen molar-refractivity contribution in [2.45, 2.75) is 18.5 Å². The lowest BCUT2D eigenvalue weighted by Gasteiger charge is -2.18. The third-order valence-corrected chi connectivity index (χ3v) is 2.71. The van der Waals surface area contributed by atoms with Crippen molar-refractivity contribution in [1.82, 2.24) is 5.32 Å². The van der Waals surface area contributed by atoms with Crippen LogP contribution in [0.2, 0.25) is 0 Å². The highest BCUT2D eigenvalue weighted by Gasteiger charge is 2.30. The molecule has 1 heterocycles. The molecule has 1 aromatic carbocycles. The van der Waals surface area contributed by atoms with E-state index in [9.17, 15) is 13.2 Å². The molecule has 0 bridgehead atoms. The zero-order valence-corrected chi connectivity index (χ0v) is 8.59. The zero-order chi connectivity index (χ0) is 11.6. The molecule has 1 nitrogen and oxygen atoms in total. The van der Waals surface area contributed by atoms with E-state index in [0.29, 0.717) is 0 Å². The van der Waals surface area contributed by atoms with E-state index in [4.69, 9.17) is 0 Å². The minimum atomic E-state index is -4.25. The van der Waals surface area contributed by atoms with Gasteiger partial charge in [0.1, 0.15) is 0 Å². The molecule has 2 rings (SSSR count). The van der Waals surface area contributed by atoms with Crippen molar-refractivity contribution >= 4 is 0 Å². The maximum Gasteiger partial charge on any atom is 0.416 e. The first-order valence-electron chi connectivity index (χ1n) is 5.14. The van der Waals surface area contributed by atoms with Crippen LogP contribution >= 0.6 is 0 Å². The summed E-state index contributed by atoms with van der Waals surface area (Å²) in [4.78, 5) is 0. The Bertz CT molecular complexity index is 378. The van der Waals surface area contributed by atoms with Crippen molar-refractivity contribution in [3.63, 3.8) is 0 Å². The summed E-state index contributed by atoms with van der Waals surface area (Å²) in [5.74, 6) is 0.225. The van der Waals surface area contributed by atoms with Crippen molar-refractivity contribution in [1.29, 1.82) is 0 Å². The van der Waals surface area contributed by atoms with Crippen molar-refractivity contribution < 1.29 is 13.2 Å². The first kappa shape index (κ1) is 11.0. The minimum absolute atomic E-state index is 0.225. The van der Waals surface area contributed by atoms with Crippen LogP contribution in [0.4, 0.5) is 13.2 Å². The highest BCUT2D eigenvalue weighted by Crippen LogP contribution is 2.31. The van der Waals surface area contributed by atoms with Crippen LogP contribution in [-0.4, -0.2) is 6.54 Å². The molecule has 0 saturated heterocycles. The lowest BCUT2D eigenvalue weighted by Crippen LogP contribution is -2.16. The van der Waals surface area contributed by atoms with E-state index in [-0.39, 0.29) is 5.92 Å². The fourth-order valence-corrected chi connectivity index (χ4v) is 1.80. The van der Waals surface area contributed by atoms with E-state index in [2.05, 4.69) is 5.32 Å². The van der Waals surface area contributed by atoms with Gasteiger partial charge in [-0.2, -0.15) is 13.2 Å². The summed E-state index contributed by atoms with van der Waals surface area (Å²) in [7, 11) is 0. The lowest BCUT2D eigenvalue weighted by atomic mass is 9.93. The Labute approximate surface area is 92.0 Å². The smallest absolute Gasteiger partial charge is 0.391 e. The van der Waals surface area contributed by atoms with Crippen LogP contribution in [-0.2, 0) is 6.18 Å². The lowest BCUT2D eigenvalue weighted by molar-refractivity contribution is -0.137. The standard InChI is InChI=1S/C12H12F3N/c13-12(14,15)11-3-1-9(2-4-11)10-5-7-16-8-6-10/h1-5,7,10,16H,6,8H2. The third kappa shape index (κ3) is 2.38. The number of hydrogen-bond donors (Lipinski definition) is 1. The fourth-order valence-electron chi connectivity index (χ4n) is 1.80. The molecule has 0 radical (unpaired) electrons. The predicted octanol–water partition coefficient (Wildman–Crippen LogP) is 3.30. The number of alkyl halides is 3. The van der Waals surface area contributed by atoms with Crippen molar-refractivity contribution in [3.8, 4) is 0 Å². The Morgan fingerprint density at radius 3 is 2.31 bits per heavy atom. The normalized spacial score (nSPS) is 20.6. The Balaban J connectivity index is 2.19. The average Bonchev–Trinajstić information content (AvgIpc) is 2.29. The molecular formula is C12H12F3N. The second-order valence-electron chi connectivity index (χ2n) is 3.83. The minimum Gasteiger partial charge on any atom is -0.391 e. The van der Waals surface area contributed by atoms with E-state index < -0.39 is 11.7 Å². The molecule has 0 aromatic heterocycles. The molecule has 0 saturated carbocycles. The van der Waals surface area contributed by atoms with Gasteiger partial charge in [-0.1, -0.05) is 18.2 Å². The maximum absolute atomic E-state index is 12.3. The Kier molecular flexibility index (Phi) is 2.90. The molecule has 1 atom stereocenters. The number of allylic oxidation sites excluding steroid dienone is 1. The summed E-state index contributed by atoms with van der Waals surface area (Å²) < 4.78 is 37.0. The van der Waals surface area contributed by atoms with Crippen LogP contribution in [0.15, 0.2) is 36.5 Å². The van der Waals surface area contributed by atoms with Gasteiger partial charge in [-0.3, -0.25) is 0 Å². The van der Waals surface area contributed by atoms with Gasteiger partial charge in [-0.05, 0) is 30.3 Å². The summed E-state index contributed by atoms with van der Waals surface area (Å²) in [6.45, 7) is 0.863. The van der Waals surface area contributed by atoms with Gasteiger partial charge in [-0.15, -0.1) is 0 Å². The monoisotopic (exact) mass is 227 g/mol. The van der Waals surface area contributed by atoms with E-state index in [1.54, 1.807) is 12.1 Å². The van der Waals surface area contributed by atoms with Gasteiger partial charge in [-0.25, -0.2) is 0 Å². The van der Waals surface area contributed by atoms with Crippen LogP contribution in [0, 0.1) is 0 Å². The van der Waals surface area contributed by atoms with Crippen molar-refractivity contribution in [2.24, 2.45) is 0 Å². The molecule has 0 fully saturated rings. The summed E-state index contributed by atoms with van der Waals surface area (Å²) in [5.41, 5.74) is 0.347. The van der Waals surface area contributed by atoms with Crippen LogP contribution < -0.4 is 5.32 Å². The van der Waals surface area contributed by atoms with Gasteiger partial charge >= 0.3 is 6.18 Å². The molecular weight excluding hydrogens is 215 g/mol. The van der Waals surface area contributed by atoms with Gasteiger partial charge in [0.2, 0.25) is 0 Å². The molecule has 1 aliphatic heterocycles. The number of nitrogens with one attached hydrogen (secondary N) is 1. The number of halogens is 3. The molecule has 4 heteroatoms. The Morgan fingerprint density at radius 2 is 1.81 bits per heavy atom. The Morgan fingerprint density at radius 1 is 1.12 bits per heavy atom. The fraction of sp³-hybridized carbons (Fsp3) is 0.333. The highest BCUT2D eigenvalue weighted by atomic mass is 19.4. The Hall–Kier alpha value is -1.45. The van der Waals surface area contributed by atoms with Crippen molar-refractivity contribution in [3.05, 3.63) is 47.7 Å². The summed E-state index contributed by atoms with van der Waals surface area (Å²) in [6, 6.07) is 5.41. The molecule has 0 amide bonds. The topological polar surface area (TPSA) is 12.0 Å². The van der Waals surface area contributed by atoms with E-state index in [0.717, 1.165) is 30.7 Å². The first-order chi connectivity index (χ1) is 7.57. The third-order valence-electron chi connectivity index (χ3n) is 2.71. The summed E-state index contributed by atoms with van der Waals surface area (Å²) in [6.07, 6.45) is 0.502. The molecule has 0 aliphatic carbocycles. The number of hydrogen-bond acceptors (Lipinski definition) is 1. The average molecular weight is 227 g/mol. The van der Waals surface area contributed by atoms with Crippen LogP contribution in [0.3, 0.4) is 0 Å². The zero-order valence-electron chi connectivity index (χ0n) is 8.59. The molecule has 86 valence electrons. The molecule has 1 N–H and O–H groups in total. The number of benzene rings is 1. The molecule has 1 unspecified atom stereocenters. The van der Waals surface area contributed by atoms with Gasteiger partial charge in [0.15, 0.2) is 0 Å². The second-order valence-corrected chi connectivity index (χ2v) is 3.83. The molecule has 1 aromatic rings. The highest BCUT2D eigenvalue weighted by molar-refractivity contribution is 5.30. The molecule has 0 spiro atoms. The van der Waals surface area contributed by atoms with E-state index >= 15 is 0 Å². The van der Waals surface area contributed by atoms with E-state index in [1.165, 1.54) is 0 Å². The van der Waals surface area contributed by atoms with Gasteiger partial charge in [0.05, 0.1) is 5.56 Å². The van der Waals surface area contributed by atoms with Crippen molar-refractivity contribution in [2.75, 3.05) is 6.54 Å². The molecule has 1 aliphatic rings. The maximum atomic E-state index is 12.3. The van der Waals surface area contributed by atoms with Crippen LogP contribution in [0.5, 0.6) is 0 Å². The van der Waals surface area contributed by atoms with Crippen LogP contribution in [0.1, 0.15) is 23.5 Å². The predicted molar refractivity (Wildman–Crippen MR) is 55.9 cm³/mol. The summed E-state index contributed by atoms with van der Waals surface area (Å²) in [5, 5.41) is 3.06. The molecule has 16 heavy (non-hydrogen) atoms.